The lowest BCUT2D eigenvalue weighted by atomic mass is 9.96. The van der Waals surface area contributed by atoms with Crippen LogP contribution in [0.15, 0.2) is 30.3 Å². The van der Waals surface area contributed by atoms with Gasteiger partial charge in [-0.15, -0.1) is 12.4 Å². The van der Waals surface area contributed by atoms with Crippen LogP contribution in [0.2, 0.25) is 0 Å². The molecule has 0 saturated heterocycles. The smallest absolute Gasteiger partial charge is 0.306 e. The van der Waals surface area contributed by atoms with Crippen LogP contribution in [0.3, 0.4) is 0 Å². The molecule has 0 aliphatic carbocycles. The molecule has 0 fully saturated rings. The number of benzene rings is 1. The molecular weight excluding hydrogens is 250 g/mol. The lowest BCUT2D eigenvalue weighted by Crippen LogP contribution is -2.19. The first kappa shape index (κ1) is 16.9. The maximum absolute atomic E-state index is 11.6. The van der Waals surface area contributed by atoms with Gasteiger partial charge in [-0.1, -0.05) is 44.2 Å². The summed E-state index contributed by atoms with van der Waals surface area (Å²) >= 11 is 0. The van der Waals surface area contributed by atoms with Gasteiger partial charge in [0, 0.05) is 5.92 Å². The molecule has 0 spiro atoms. The van der Waals surface area contributed by atoms with Gasteiger partial charge in [-0.05, 0) is 18.0 Å². The van der Waals surface area contributed by atoms with Gasteiger partial charge < -0.3 is 10.5 Å². The Bertz CT molecular complexity index is 341. The summed E-state index contributed by atoms with van der Waals surface area (Å²) in [6.07, 6.45) is 0.354. The van der Waals surface area contributed by atoms with Crippen LogP contribution in [-0.4, -0.2) is 19.1 Å². The molecule has 1 aromatic carbocycles. The number of hydrogen-bond donors (Lipinski definition) is 1. The predicted molar refractivity (Wildman–Crippen MR) is 75.9 cm³/mol. The Balaban J connectivity index is 0.00000289. The van der Waals surface area contributed by atoms with Crippen LogP contribution in [0.4, 0.5) is 0 Å². The van der Waals surface area contributed by atoms with Crippen LogP contribution in [-0.2, 0) is 9.53 Å². The van der Waals surface area contributed by atoms with Crippen molar-refractivity contribution in [3.05, 3.63) is 35.9 Å². The summed E-state index contributed by atoms with van der Waals surface area (Å²) < 4.78 is 5.16. The van der Waals surface area contributed by atoms with E-state index in [0.717, 1.165) is 5.56 Å². The molecule has 0 saturated carbocycles. The van der Waals surface area contributed by atoms with Gasteiger partial charge in [-0.3, -0.25) is 4.79 Å². The SMILES string of the molecule is CC(C)COC(=O)CC(CN)c1ccccc1.Cl. The number of hydrogen-bond acceptors (Lipinski definition) is 3. The minimum absolute atomic E-state index is 0. The van der Waals surface area contributed by atoms with Crippen molar-refractivity contribution in [3.8, 4) is 0 Å². The Hall–Kier alpha value is -1.06. The Kier molecular flexibility index (Phi) is 8.42. The second kappa shape index (κ2) is 8.95. The normalized spacial score (nSPS) is 11.8. The van der Waals surface area contributed by atoms with Crippen molar-refractivity contribution in [2.45, 2.75) is 26.2 Å². The highest BCUT2D eigenvalue weighted by Crippen LogP contribution is 2.18. The van der Waals surface area contributed by atoms with Crippen molar-refractivity contribution in [1.82, 2.24) is 0 Å². The van der Waals surface area contributed by atoms with Gasteiger partial charge >= 0.3 is 5.97 Å². The number of halogens is 1. The fourth-order valence-electron chi connectivity index (χ4n) is 1.58. The number of carbonyl (C=O) groups excluding carboxylic acids is 1. The van der Waals surface area contributed by atoms with Gasteiger partial charge in [0.25, 0.3) is 0 Å². The molecule has 0 bridgehead atoms. The third-order valence-electron chi connectivity index (χ3n) is 2.55. The zero-order valence-corrected chi connectivity index (χ0v) is 11.8. The van der Waals surface area contributed by atoms with Crippen molar-refractivity contribution in [2.24, 2.45) is 11.7 Å². The van der Waals surface area contributed by atoms with Crippen molar-refractivity contribution in [1.29, 1.82) is 0 Å². The fourth-order valence-corrected chi connectivity index (χ4v) is 1.58. The maximum Gasteiger partial charge on any atom is 0.306 e. The predicted octanol–water partition coefficient (Wildman–Crippen LogP) is 2.74. The van der Waals surface area contributed by atoms with Gasteiger partial charge in [-0.2, -0.15) is 0 Å². The Labute approximate surface area is 115 Å². The van der Waals surface area contributed by atoms with Crippen LogP contribution in [0.25, 0.3) is 0 Å². The number of rotatable bonds is 6. The van der Waals surface area contributed by atoms with E-state index in [2.05, 4.69) is 0 Å². The highest BCUT2D eigenvalue weighted by molar-refractivity contribution is 5.85. The van der Waals surface area contributed by atoms with Crippen molar-refractivity contribution in [2.75, 3.05) is 13.2 Å². The summed E-state index contributed by atoms with van der Waals surface area (Å²) in [7, 11) is 0. The standard InChI is InChI=1S/C14H21NO2.ClH/c1-11(2)10-17-14(16)8-13(9-15)12-6-4-3-5-7-12;/h3-7,11,13H,8-10,15H2,1-2H3;1H. The summed E-state index contributed by atoms with van der Waals surface area (Å²) in [4.78, 5) is 11.6. The first-order chi connectivity index (χ1) is 8.13. The number of carbonyl (C=O) groups is 1. The third kappa shape index (κ3) is 6.03. The monoisotopic (exact) mass is 271 g/mol. The maximum atomic E-state index is 11.6. The van der Waals surface area contributed by atoms with Gasteiger partial charge in [0.2, 0.25) is 0 Å². The summed E-state index contributed by atoms with van der Waals surface area (Å²) in [5.74, 6) is 0.251. The van der Waals surface area contributed by atoms with Crippen LogP contribution in [0.5, 0.6) is 0 Å². The molecule has 1 atom stereocenters. The molecule has 1 unspecified atom stereocenters. The molecule has 0 radical (unpaired) electrons. The highest BCUT2D eigenvalue weighted by atomic mass is 35.5. The molecule has 2 N–H and O–H groups in total. The number of nitrogens with two attached hydrogens (primary N) is 1. The lowest BCUT2D eigenvalue weighted by molar-refractivity contribution is -0.145. The minimum atomic E-state index is -0.169. The lowest BCUT2D eigenvalue weighted by Gasteiger charge is -2.15. The van der Waals surface area contributed by atoms with Crippen LogP contribution < -0.4 is 5.73 Å². The fraction of sp³-hybridized carbons (Fsp3) is 0.500. The quantitative estimate of drug-likeness (QED) is 0.810. The first-order valence-electron chi connectivity index (χ1n) is 6.04. The van der Waals surface area contributed by atoms with Gasteiger partial charge in [0.05, 0.1) is 13.0 Å². The van der Waals surface area contributed by atoms with Crippen molar-refractivity contribution >= 4 is 18.4 Å². The van der Waals surface area contributed by atoms with Crippen molar-refractivity contribution < 1.29 is 9.53 Å². The Morgan fingerprint density at radius 3 is 2.39 bits per heavy atom. The Morgan fingerprint density at radius 2 is 1.89 bits per heavy atom. The molecule has 0 aliphatic rings. The van der Waals surface area contributed by atoms with E-state index < -0.39 is 0 Å². The molecule has 0 aromatic heterocycles. The molecule has 0 heterocycles. The number of ether oxygens (including phenoxy) is 1. The molecular formula is C14H22ClNO2. The van der Waals surface area contributed by atoms with Gasteiger partial charge in [0.15, 0.2) is 0 Å². The average Bonchev–Trinajstić information content (AvgIpc) is 2.34. The zero-order valence-electron chi connectivity index (χ0n) is 11.0. The van der Waals surface area contributed by atoms with Crippen LogP contribution >= 0.6 is 12.4 Å². The molecule has 0 amide bonds. The molecule has 0 aliphatic heterocycles. The van der Waals surface area contributed by atoms with Crippen LogP contribution in [0.1, 0.15) is 31.7 Å². The average molecular weight is 272 g/mol. The first-order valence-corrected chi connectivity index (χ1v) is 6.04. The van der Waals surface area contributed by atoms with E-state index in [1.165, 1.54) is 0 Å². The molecule has 1 aromatic rings. The molecule has 18 heavy (non-hydrogen) atoms. The van der Waals surface area contributed by atoms with Crippen LogP contribution in [0, 0.1) is 5.92 Å². The minimum Gasteiger partial charge on any atom is -0.465 e. The van der Waals surface area contributed by atoms with Crippen molar-refractivity contribution in [3.63, 3.8) is 0 Å². The molecule has 102 valence electrons. The van der Waals surface area contributed by atoms with E-state index >= 15 is 0 Å². The van der Waals surface area contributed by atoms with E-state index in [0.29, 0.717) is 25.5 Å². The van der Waals surface area contributed by atoms with E-state index in [4.69, 9.17) is 10.5 Å². The molecule has 3 nitrogen and oxygen atoms in total. The van der Waals surface area contributed by atoms with Gasteiger partial charge in [0.1, 0.15) is 0 Å². The topological polar surface area (TPSA) is 52.3 Å². The third-order valence-corrected chi connectivity index (χ3v) is 2.55. The summed E-state index contributed by atoms with van der Waals surface area (Å²) in [5.41, 5.74) is 6.80. The summed E-state index contributed by atoms with van der Waals surface area (Å²) in [5, 5.41) is 0. The largest absolute Gasteiger partial charge is 0.465 e. The highest BCUT2D eigenvalue weighted by Gasteiger charge is 2.15. The number of esters is 1. The Morgan fingerprint density at radius 1 is 1.28 bits per heavy atom. The van der Waals surface area contributed by atoms with E-state index in [1.807, 2.05) is 44.2 Å². The zero-order chi connectivity index (χ0) is 12.7. The summed E-state index contributed by atoms with van der Waals surface area (Å²) in [6, 6.07) is 9.85. The van der Waals surface area contributed by atoms with Gasteiger partial charge in [-0.25, -0.2) is 0 Å². The van der Waals surface area contributed by atoms with E-state index in [9.17, 15) is 4.79 Å². The van der Waals surface area contributed by atoms with E-state index in [-0.39, 0.29) is 24.3 Å². The second-order valence-corrected chi connectivity index (χ2v) is 4.62. The molecule has 1 rings (SSSR count). The van der Waals surface area contributed by atoms with E-state index in [1.54, 1.807) is 0 Å². The molecule has 4 heteroatoms. The summed E-state index contributed by atoms with van der Waals surface area (Å²) in [6.45, 7) is 4.97. The second-order valence-electron chi connectivity index (χ2n) is 4.62.